The number of nitrogens with one attached hydrogen (secondary N) is 1. The average molecular weight is 523 g/mol. The number of sulfone groups is 1. The highest BCUT2D eigenvalue weighted by molar-refractivity contribution is 7.91. The number of benzene rings is 2. The summed E-state index contributed by atoms with van der Waals surface area (Å²) in [6.07, 6.45) is -1.12. The summed E-state index contributed by atoms with van der Waals surface area (Å²) in [5, 5.41) is 8.99. The Morgan fingerprint density at radius 1 is 1.24 bits per heavy atom. The zero-order chi connectivity index (χ0) is 25.6. The van der Waals surface area contributed by atoms with Crippen molar-refractivity contribution < 1.29 is 39.3 Å². The molecule has 0 aliphatic heterocycles. The zero-order valence-corrected chi connectivity index (χ0v) is 19.7. The second-order valence-corrected chi connectivity index (χ2v) is 12.4. The van der Waals surface area contributed by atoms with Crippen molar-refractivity contribution in [1.82, 2.24) is 4.72 Å². The summed E-state index contributed by atoms with van der Waals surface area (Å²) in [5.41, 5.74) is -1.25. The third-order valence-electron chi connectivity index (χ3n) is 4.95. The van der Waals surface area contributed by atoms with Crippen LogP contribution in [0.1, 0.15) is 43.5 Å². The lowest BCUT2D eigenvalue weighted by molar-refractivity contribution is -0.0190. The van der Waals surface area contributed by atoms with Crippen molar-refractivity contribution in [2.24, 2.45) is 0 Å². The van der Waals surface area contributed by atoms with E-state index in [1.54, 1.807) is 6.07 Å². The van der Waals surface area contributed by atoms with Gasteiger partial charge in [-0.3, -0.25) is 0 Å². The van der Waals surface area contributed by atoms with Gasteiger partial charge in [0.05, 0.1) is 32.3 Å². The molecule has 0 aromatic heterocycles. The van der Waals surface area contributed by atoms with Gasteiger partial charge in [-0.25, -0.2) is 30.5 Å². The van der Waals surface area contributed by atoms with Crippen molar-refractivity contribution in [2.75, 3.05) is 0 Å². The normalized spacial score (nSPS) is 18.4. The molecule has 13 heteroatoms. The molecular formula is C21H19F5N2O4S2. The Kier molecular flexibility index (Phi) is 6.82. The van der Waals surface area contributed by atoms with Crippen molar-refractivity contribution >= 4 is 20.8 Å². The molecule has 2 aromatic rings. The van der Waals surface area contributed by atoms with E-state index in [0.29, 0.717) is 6.07 Å². The van der Waals surface area contributed by atoms with Crippen LogP contribution < -0.4 is 9.46 Å². The third kappa shape index (κ3) is 4.94. The van der Waals surface area contributed by atoms with E-state index in [9.17, 15) is 25.8 Å². The Morgan fingerprint density at radius 3 is 2.44 bits per heavy atom. The molecule has 0 saturated carbocycles. The van der Waals surface area contributed by atoms with Gasteiger partial charge < -0.3 is 4.74 Å². The first-order chi connectivity index (χ1) is 15.6. The molecule has 3 rings (SSSR count). The lowest BCUT2D eigenvalue weighted by Gasteiger charge is -2.26. The lowest BCUT2D eigenvalue weighted by atomic mass is 10.1. The van der Waals surface area contributed by atoms with Crippen LogP contribution in [0.5, 0.6) is 11.5 Å². The first-order valence-corrected chi connectivity index (χ1v) is 12.4. The van der Waals surface area contributed by atoms with Crippen LogP contribution in [0.2, 0.25) is 0 Å². The van der Waals surface area contributed by atoms with Gasteiger partial charge in [0.2, 0.25) is 9.84 Å². The Morgan fingerprint density at radius 2 is 1.88 bits per heavy atom. The largest absolute Gasteiger partial charge is 0.457 e. The molecule has 2 atom stereocenters. The van der Waals surface area contributed by atoms with Gasteiger partial charge >= 0.3 is 5.76 Å². The maximum absolute atomic E-state index is 15.1. The van der Waals surface area contributed by atoms with Gasteiger partial charge in [0, 0.05) is 23.6 Å². The van der Waals surface area contributed by atoms with Crippen LogP contribution in [0.4, 0.5) is 22.0 Å². The minimum absolute atomic E-state index is 0.131. The molecule has 0 fully saturated rings. The van der Waals surface area contributed by atoms with Crippen LogP contribution in [-0.4, -0.2) is 29.1 Å². The molecule has 34 heavy (non-hydrogen) atoms. The number of nitrogens with zero attached hydrogens (tertiary/aromatic N) is 1. The Labute approximate surface area is 195 Å². The number of nitriles is 1. The lowest BCUT2D eigenvalue weighted by Crippen LogP contribution is -2.41. The van der Waals surface area contributed by atoms with Crippen molar-refractivity contribution in [1.29, 1.82) is 5.26 Å². The Balaban J connectivity index is 2.22. The average Bonchev–Trinajstić information content (AvgIpc) is 2.97. The van der Waals surface area contributed by atoms with Crippen LogP contribution in [0.15, 0.2) is 35.2 Å². The number of hydrogen-bond donors (Lipinski definition) is 1. The molecule has 1 N–H and O–H groups in total. The summed E-state index contributed by atoms with van der Waals surface area (Å²) >= 11 is 0. The highest BCUT2D eigenvalue weighted by atomic mass is 32.2. The SMILES string of the molecule is CC(C)(C)[S@@](=O)N[C@H]1c2c(S(=O)(=O)C(F)F)ccc(Oc3cc(F)cc(C#N)c3)c2CC1(F)F. The molecule has 1 aliphatic carbocycles. The molecule has 0 amide bonds. The fourth-order valence-electron chi connectivity index (χ4n) is 3.35. The maximum Gasteiger partial charge on any atom is 0.341 e. The molecule has 184 valence electrons. The number of rotatable bonds is 6. The molecule has 1 aliphatic rings. The molecule has 0 bridgehead atoms. The number of fused-ring (bicyclic) bond motifs is 1. The minimum atomic E-state index is -5.33. The van der Waals surface area contributed by atoms with Gasteiger partial charge in [0.1, 0.15) is 23.4 Å². The number of ether oxygens (including phenoxy) is 1. The number of alkyl halides is 4. The van der Waals surface area contributed by atoms with Gasteiger partial charge in [-0.05, 0) is 45.0 Å². The summed E-state index contributed by atoms with van der Waals surface area (Å²) in [5.74, 6) is -9.07. The third-order valence-corrected chi connectivity index (χ3v) is 7.95. The molecule has 0 spiro atoms. The summed E-state index contributed by atoms with van der Waals surface area (Å²) in [6.45, 7) is 4.45. The zero-order valence-electron chi connectivity index (χ0n) is 18.0. The van der Waals surface area contributed by atoms with E-state index in [0.717, 1.165) is 24.3 Å². The van der Waals surface area contributed by atoms with Gasteiger partial charge in [0.25, 0.3) is 5.92 Å². The molecule has 0 heterocycles. The van der Waals surface area contributed by atoms with Gasteiger partial charge in [0.15, 0.2) is 0 Å². The van der Waals surface area contributed by atoms with Crippen LogP contribution >= 0.6 is 0 Å². The van der Waals surface area contributed by atoms with Gasteiger partial charge in [-0.15, -0.1) is 0 Å². The van der Waals surface area contributed by atoms with Crippen molar-refractivity contribution in [3.8, 4) is 17.6 Å². The highest BCUT2D eigenvalue weighted by Crippen LogP contribution is 2.50. The summed E-state index contributed by atoms with van der Waals surface area (Å²) < 4.78 is 114. The molecule has 0 unspecified atom stereocenters. The predicted molar refractivity (Wildman–Crippen MR) is 113 cm³/mol. The Hall–Kier alpha value is -2.56. The smallest absolute Gasteiger partial charge is 0.341 e. The van der Waals surface area contributed by atoms with E-state index in [1.165, 1.54) is 20.8 Å². The Bertz CT molecular complexity index is 1300. The second kappa shape index (κ2) is 8.90. The topological polar surface area (TPSA) is 96.3 Å². The molecule has 0 radical (unpaired) electrons. The van der Waals surface area contributed by atoms with Crippen molar-refractivity contribution in [3.63, 3.8) is 0 Å². The number of hydrogen-bond acceptors (Lipinski definition) is 5. The standard InChI is InChI=1S/C21H19F5N2O4S2/c1-20(2,3)33(29)28-18-17-14(9-21(18,25)26)15(4-5-16(17)34(30,31)19(23)24)32-13-7-11(10-27)6-12(22)8-13/h4-8,18-19,28H,9H2,1-3H3/t18-,33+/m0/s1. The highest BCUT2D eigenvalue weighted by Gasteiger charge is 2.53. The minimum Gasteiger partial charge on any atom is -0.457 e. The monoisotopic (exact) mass is 522 g/mol. The maximum atomic E-state index is 15.1. The molecular weight excluding hydrogens is 503 g/mol. The number of halogens is 5. The summed E-state index contributed by atoms with van der Waals surface area (Å²) in [7, 11) is -7.45. The van der Waals surface area contributed by atoms with Crippen LogP contribution in [0, 0.1) is 17.1 Å². The van der Waals surface area contributed by atoms with Gasteiger partial charge in [-0.2, -0.15) is 14.0 Å². The quantitative estimate of drug-likeness (QED) is 0.552. The first-order valence-electron chi connectivity index (χ1n) is 9.70. The molecule has 0 saturated heterocycles. The van der Waals surface area contributed by atoms with E-state index < -0.39 is 71.6 Å². The van der Waals surface area contributed by atoms with Crippen molar-refractivity contribution in [2.45, 2.75) is 54.6 Å². The fraction of sp³-hybridized carbons (Fsp3) is 0.381. The summed E-state index contributed by atoms with van der Waals surface area (Å²) in [6, 6.07) is 4.01. The predicted octanol–water partition coefficient (Wildman–Crippen LogP) is 4.77. The van der Waals surface area contributed by atoms with Crippen LogP contribution in [0.3, 0.4) is 0 Å². The van der Waals surface area contributed by atoms with E-state index in [-0.39, 0.29) is 17.1 Å². The van der Waals surface area contributed by atoms with E-state index >= 15 is 8.78 Å². The molecule has 2 aromatic carbocycles. The van der Waals surface area contributed by atoms with Crippen LogP contribution in [0.25, 0.3) is 0 Å². The van der Waals surface area contributed by atoms with E-state index in [1.807, 2.05) is 0 Å². The van der Waals surface area contributed by atoms with E-state index in [4.69, 9.17) is 10.00 Å². The molecule has 6 nitrogen and oxygen atoms in total. The first kappa shape index (κ1) is 26.1. The van der Waals surface area contributed by atoms with Crippen LogP contribution in [-0.2, 0) is 27.2 Å². The second-order valence-electron chi connectivity index (χ2n) is 8.52. The van der Waals surface area contributed by atoms with E-state index in [2.05, 4.69) is 4.72 Å². The van der Waals surface area contributed by atoms with Gasteiger partial charge in [-0.1, -0.05) is 0 Å². The van der Waals surface area contributed by atoms with Crippen molar-refractivity contribution in [3.05, 3.63) is 52.8 Å². The summed E-state index contributed by atoms with van der Waals surface area (Å²) in [4.78, 5) is -1.05. The fourth-order valence-corrected chi connectivity index (χ4v) is 5.21.